The Bertz CT molecular complexity index is 590. The van der Waals surface area contributed by atoms with Crippen LogP contribution in [0.5, 0.6) is 5.75 Å². The Labute approximate surface area is 109 Å². The molecule has 0 saturated carbocycles. The third kappa shape index (κ3) is 2.99. The number of nitriles is 1. The van der Waals surface area contributed by atoms with Gasteiger partial charge in [0.1, 0.15) is 18.2 Å². The molecule has 0 heterocycles. The maximum absolute atomic E-state index is 12.9. The zero-order chi connectivity index (χ0) is 13.0. The van der Waals surface area contributed by atoms with E-state index >= 15 is 0 Å². The summed E-state index contributed by atoms with van der Waals surface area (Å²) in [5, 5.41) is 8.73. The minimum Gasteiger partial charge on any atom is -0.489 e. The first-order chi connectivity index (χ1) is 8.69. The lowest BCUT2D eigenvalue weighted by molar-refractivity contribution is 0.306. The highest BCUT2D eigenvalue weighted by molar-refractivity contribution is 6.30. The van der Waals surface area contributed by atoms with Gasteiger partial charge in [0.2, 0.25) is 0 Å². The van der Waals surface area contributed by atoms with E-state index < -0.39 is 5.82 Å². The second kappa shape index (κ2) is 5.52. The number of hydrogen-bond acceptors (Lipinski definition) is 2. The van der Waals surface area contributed by atoms with Gasteiger partial charge in [-0.25, -0.2) is 4.39 Å². The highest BCUT2D eigenvalue weighted by atomic mass is 35.5. The zero-order valence-corrected chi connectivity index (χ0v) is 10.1. The first kappa shape index (κ1) is 12.4. The maximum Gasteiger partial charge on any atom is 0.141 e. The quantitative estimate of drug-likeness (QED) is 0.839. The SMILES string of the molecule is N#Cc1ccc(OCc2ccc(F)c(Cl)c2)cc1. The normalized spacial score (nSPS) is 9.83. The van der Waals surface area contributed by atoms with Gasteiger partial charge in [0.15, 0.2) is 0 Å². The van der Waals surface area contributed by atoms with E-state index in [1.165, 1.54) is 12.1 Å². The predicted molar refractivity (Wildman–Crippen MR) is 66.9 cm³/mol. The van der Waals surface area contributed by atoms with Crippen molar-refractivity contribution in [3.05, 3.63) is 64.4 Å². The Morgan fingerprint density at radius 2 is 1.89 bits per heavy atom. The van der Waals surface area contributed by atoms with Gasteiger partial charge in [0.05, 0.1) is 16.7 Å². The van der Waals surface area contributed by atoms with Gasteiger partial charge in [0, 0.05) is 0 Å². The summed E-state index contributed by atoms with van der Waals surface area (Å²) in [4.78, 5) is 0. The molecule has 90 valence electrons. The van der Waals surface area contributed by atoms with Crippen LogP contribution in [0.3, 0.4) is 0 Å². The van der Waals surface area contributed by atoms with Gasteiger partial charge in [-0.1, -0.05) is 17.7 Å². The minimum absolute atomic E-state index is 0.0796. The fraction of sp³-hybridized carbons (Fsp3) is 0.0714. The molecule has 0 unspecified atom stereocenters. The Hall–Kier alpha value is -2.05. The summed E-state index contributed by atoms with van der Waals surface area (Å²) in [5.74, 6) is 0.202. The summed E-state index contributed by atoms with van der Waals surface area (Å²) >= 11 is 5.67. The Balaban J connectivity index is 2.02. The molecular weight excluding hydrogens is 253 g/mol. The summed E-state index contributed by atoms with van der Waals surface area (Å²) in [5.41, 5.74) is 1.36. The van der Waals surface area contributed by atoms with E-state index in [1.54, 1.807) is 30.3 Å². The summed E-state index contributed by atoms with van der Waals surface area (Å²) < 4.78 is 18.4. The van der Waals surface area contributed by atoms with Crippen molar-refractivity contribution in [2.45, 2.75) is 6.61 Å². The Kier molecular flexibility index (Phi) is 3.81. The van der Waals surface area contributed by atoms with Crippen LogP contribution in [-0.2, 0) is 6.61 Å². The van der Waals surface area contributed by atoms with Gasteiger partial charge < -0.3 is 4.74 Å². The maximum atomic E-state index is 12.9. The summed E-state index contributed by atoms with van der Waals surface area (Å²) in [6.07, 6.45) is 0. The molecule has 2 aromatic carbocycles. The average molecular weight is 262 g/mol. The zero-order valence-electron chi connectivity index (χ0n) is 9.36. The highest BCUT2D eigenvalue weighted by Gasteiger charge is 2.02. The molecule has 0 aliphatic rings. The highest BCUT2D eigenvalue weighted by Crippen LogP contribution is 2.18. The molecule has 2 nitrogen and oxygen atoms in total. The van der Waals surface area contributed by atoms with E-state index in [1.807, 2.05) is 6.07 Å². The molecule has 4 heteroatoms. The minimum atomic E-state index is -0.446. The monoisotopic (exact) mass is 261 g/mol. The molecule has 18 heavy (non-hydrogen) atoms. The molecule has 0 aromatic heterocycles. The molecule has 0 saturated heterocycles. The van der Waals surface area contributed by atoms with Crippen molar-refractivity contribution >= 4 is 11.6 Å². The van der Waals surface area contributed by atoms with Crippen LogP contribution in [0.25, 0.3) is 0 Å². The molecule has 0 N–H and O–H groups in total. The van der Waals surface area contributed by atoms with Crippen molar-refractivity contribution in [1.82, 2.24) is 0 Å². The van der Waals surface area contributed by atoms with E-state index in [9.17, 15) is 4.39 Å². The molecule has 0 radical (unpaired) electrons. The number of nitrogens with zero attached hydrogens (tertiary/aromatic N) is 1. The van der Waals surface area contributed by atoms with Crippen LogP contribution < -0.4 is 4.74 Å². The molecule has 0 fully saturated rings. The molecule has 2 aromatic rings. The first-order valence-corrected chi connectivity index (χ1v) is 5.64. The van der Waals surface area contributed by atoms with Gasteiger partial charge in [-0.3, -0.25) is 0 Å². The number of halogens is 2. The van der Waals surface area contributed by atoms with Crippen LogP contribution in [0.1, 0.15) is 11.1 Å². The number of rotatable bonds is 3. The summed E-state index contributed by atoms with van der Waals surface area (Å²) in [6.45, 7) is 0.298. The van der Waals surface area contributed by atoms with Gasteiger partial charge in [-0.2, -0.15) is 5.26 Å². The van der Waals surface area contributed by atoms with Crippen LogP contribution in [0.4, 0.5) is 4.39 Å². The first-order valence-electron chi connectivity index (χ1n) is 5.26. The van der Waals surface area contributed by atoms with Gasteiger partial charge in [0.25, 0.3) is 0 Å². The smallest absolute Gasteiger partial charge is 0.141 e. The molecule has 0 aliphatic carbocycles. The molecular formula is C14H9ClFNO. The summed E-state index contributed by atoms with van der Waals surface area (Å²) in [7, 11) is 0. The predicted octanol–water partition coefficient (Wildman–Crippen LogP) is 3.93. The molecule has 0 spiro atoms. The van der Waals surface area contributed by atoms with Crippen molar-refractivity contribution in [1.29, 1.82) is 5.26 Å². The van der Waals surface area contributed by atoms with E-state index in [4.69, 9.17) is 21.6 Å². The van der Waals surface area contributed by atoms with Gasteiger partial charge >= 0.3 is 0 Å². The van der Waals surface area contributed by atoms with Crippen molar-refractivity contribution in [3.8, 4) is 11.8 Å². The van der Waals surface area contributed by atoms with Crippen LogP contribution in [0.15, 0.2) is 42.5 Å². The number of hydrogen-bond donors (Lipinski definition) is 0. The molecule has 0 amide bonds. The fourth-order valence-electron chi connectivity index (χ4n) is 1.42. The number of ether oxygens (including phenoxy) is 1. The average Bonchev–Trinajstić information content (AvgIpc) is 2.41. The van der Waals surface area contributed by atoms with Crippen LogP contribution in [0.2, 0.25) is 5.02 Å². The third-order valence-electron chi connectivity index (χ3n) is 2.37. The summed E-state index contributed by atoms with van der Waals surface area (Å²) in [6, 6.07) is 13.2. The van der Waals surface area contributed by atoms with Crippen molar-refractivity contribution in [2.75, 3.05) is 0 Å². The lowest BCUT2D eigenvalue weighted by Gasteiger charge is -2.06. The fourth-order valence-corrected chi connectivity index (χ4v) is 1.62. The molecule has 2 rings (SSSR count). The van der Waals surface area contributed by atoms with E-state index in [0.29, 0.717) is 17.9 Å². The van der Waals surface area contributed by atoms with Crippen molar-refractivity contribution in [3.63, 3.8) is 0 Å². The van der Waals surface area contributed by atoms with E-state index in [-0.39, 0.29) is 5.02 Å². The molecule has 0 bridgehead atoms. The molecule has 0 aliphatic heterocycles. The second-order valence-corrected chi connectivity index (χ2v) is 4.08. The Morgan fingerprint density at radius 3 is 2.50 bits per heavy atom. The largest absolute Gasteiger partial charge is 0.489 e. The number of benzene rings is 2. The van der Waals surface area contributed by atoms with Gasteiger partial charge in [-0.05, 0) is 42.0 Å². The standard InChI is InChI=1S/C14H9ClFNO/c15-13-7-11(3-6-14(13)16)9-18-12-4-1-10(8-17)2-5-12/h1-7H,9H2. The van der Waals surface area contributed by atoms with Crippen LogP contribution in [0, 0.1) is 17.1 Å². The lowest BCUT2D eigenvalue weighted by Crippen LogP contribution is -1.95. The second-order valence-electron chi connectivity index (χ2n) is 3.67. The van der Waals surface area contributed by atoms with Crippen molar-refractivity contribution < 1.29 is 9.13 Å². The van der Waals surface area contributed by atoms with E-state index in [2.05, 4.69) is 0 Å². The van der Waals surface area contributed by atoms with Gasteiger partial charge in [-0.15, -0.1) is 0 Å². The third-order valence-corrected chi connectivity index (χ3v) is 2.66. The lowest BCUT2D eigenvalue weighted by atomic mass is 10.2. The van der Waals surface area contributed by atoms with Crippen LogP contribution in [-0.4, -0.2) is 0 Å². The topological polar surface area (TPSA) is 33.0 Å². The van der Waals surface area contributed by atoms with E-state index in [0.717, 1.165) is 5.56 Å². The Morgan fingerprint density at radius 1 is 1.17 bits per heavy atom. The molecule has 0 atom stereocenters. The van der Waals surface area contributed by atoms with Crippen LogP contribution >= 0.6 is 11.6 Å². The van der Waals surface area contributed by atoms with Crippen molar-refractivity contribution in [2.24, 2.45) is 0 Å².